The summed E-state index contributed by atoms with van der Waals surface area (Å²) >= 11 is 6.00. The minimum atomic E-state index is -0.345. The Morgan fingerprint density at radius 1 is 1.23 bits per heavy atom. The van der Waals surface area contributed by atoms with E-state index in [1.807, 2.05) is 24.3 Å². The summed E-state index contributed by atoms with van der Waals surface area (Å²) in [6.45, 7) is 5.20. The highest BCUT2D eigenvalue weighted by Gasteiger charge is 2.08. The molecule has 4 heteroatoms. The maximum Gasteiger partial charge on any atom is 0.131 e. The van der Waals surface area contributed by atoms with Gasteiger partial charge in [0, 0.05) is 18.2 Å². The van der Waals surface area contributed by atoms with Crippen LogP contribution in [0.4, 0.5) is 4.39 Å². The Balaban J connectivity index is 1.98. The lowest BCUT2D eigenvalue weighted by Crippen LogP contribution is -2.24. The Labute approximate surface area is 136 Å². The van der Waals surface area contributed by atoms with Crippen LogP contribution >= 0.6 is 11.6 Å². The summed E-state index contributed by atoms with van der Waals surface area (Å²) in [7, 11) is 0. The van der Waals surface area contributed by atoms with Crippen LogP contribution in [0.25, 0.3) is 0 Å². The molecular weight excluding hydrogens is 301 g/mol. The summed E-state index contributed by atoms with van der Waals surface area (Å²) in [6.07, 6.45) is 1.09. The van der Waals surface area contributed by atoms with Crippen LogP contribution in [0.1, 0.15) is 31.4 Å². The first kappa shape index (κ1) is 16.8. The molecule has 2 rings (SSSR count). The van der Waals surface area contributed by atoms with E-state index in [1.54, 1.807) is 12.1 Å². The molecule has 0 aromatic heterocycles. The van der Waals surface area contributed by atoms with E-state index in [1.165, 1.54) is 6.07 Å². The summed E-state index contributed by atoms with van der Waals surface area (Å²) in [5.74, 6) is 0.366. The molecule has 0 heterocycles. The minimum Gasteiger partial charge on any atom is -0.489 e. The van der Waals surface area contributed by atoms with Gasteiger partial charge in [0.1, 0.15) is 18.2 Å². The highest BCUT2D eigenvalue weighted by Crippen LogP contribution is 2.22. The van der Waals surface area contributed by atoms with Gasteiger partial charge in [-0.15, -0.1) is 0 Å². The smallest absolute Gasteiger partial charge is 0.131 e. The minimum absolute atomic E-state index is 0.119. The lowest BCUT2D eigenvalue weighted by Gasteiger charge is -2.13. The lowest BCUT2D eigenvalue weighted by molar-refractivity contribution is 0.299. The summed E-state index contributed by atoms with van der Waals surface area (Å²) in [5, 5.41) is 3.82. The molecule has 22 heavy (non-hydrogen) atoms. The molecule has 0 aliphatic heterocycles. The second-order valence-electron chi connectivity index (χ2n) is 5.33. The van der Waals surface area contributed by atoms with E-state index >= 15 is 0 Å². The summed E-state index contributed by atoms with van der Waals surface area (Å²) in [4.78, 5) is 0. The maximum absolute atomic E-state index is 13.7. The SMILES string of the molecule is CC[C@H](C)NCc1cccc(OCc2c(F)cccc2Cl)c1. The first-order valence-electron chi connectivity index (χ1n) is 7.48. The molecule has 0 fully saturated rings. The van der Waals surface area contributed by atoms with Gasteiger partial charge in [0.25, 0.3) is 0 Å². The van der Waals surface area contributed by atoms with Gasteiger partial charge < -0.3 is 10.1 Å². The largest absolute Gasteiger partial charge is 0.489 e. The maximum atomic E-state index is 13.7. The first-order chi connectivity index (χ1) is 10.6. The van der Waals surface area contributed by atoms with Gasteiger partial charge in [0.15, 0.2) is 0 Å². The van der Waals surface area contributed by atoms with Crippen molar-refractivity contribution in [1.29, 1.82) is 0 Å². The molecule has 2 nitrogen and oxygen atoms in total. The van der Waals surface area contributed by atoms with Crippen molar-refractivity contribution in [1.82, 2.24) is 5.32 Å². The number of rotatable bonds is 7. The normalized spacial score (nSPS) is 12.2. The number of nitrogens with one attached hydrogen (secondary N) is 1. The third-order valence-corrected chi connectivity index (χ3v) is 3.96. The average molecular weight is 322 g/mol. The van der Waals surface area contributed by atoms with Crippen molar-refractivity contribution in [2.75, 3.05) is 0 Å². The standard InChI is InChI=1S/C18H21ClFNO/c1-3-13(2)21-11-14-6-4-7-15(10-14)22-12-16-17(19)8-5-9-18(16)20/h4-10,13,21H,3,11-12H2,1-2H3/t13-/m0/s1. The fraction of sp³-hybridized carbons (Fsp3) is 0.333. The zero-order chi connectivity index (χ0) is 15.9. The van der Waals surface area contributed by atoms with E-state index in [4.69, 9.17) is 16.3 Å². The molecular formula is C18H21ClFNO. The molecule has 0 bridgehead atoms. The predicted molar refractivity (Wildman–Crippen MR) is 88.8 cm³/mol. The van der Waals surface area contributed by atoms with Crippen molar-refractivity contribution in [2.45, 2.75) is 39.5 Å². The lowest BCUT2D eigenvalue weighted by atomic mass is 10.2. The van der Waals surface area contributed by atoms with Crippen molar-refractivity contribution >= 4 is 11.6 Å². The third-order valence-electron chi connectivity index (χ3n) is 3.61. The molecule has 0 aliphatic rings. The highest BCUT2D eigenvalue weighted by molar-refractivity contribution is 6.31. The number of halogens is 2. The monoisotopic (exact) mass is 321 g/mol. The van der Waals surface area contributed by atoms with Crippen LogP contribution in [0.5, 0.6) is 5.75 Å². The van der Waals surface area contributed by atoms with Crippen LogP contribution in [0.15, 0.2) is 42.5 Å². The summed E-state index contributed by atoms with van der Waals surface area (Å²) in [5.41, 5.74) is 1.52. The average Bonchev–Trinajstić information content (AvgIpc) is 2.52. The second kappa shape index (κ2) is 8.16. The molecule has 2 aromatic carbocycles. The number of hydrogen-bond donors (Lipinski definition) is 1. The van der Waals surface area contributed by atoms with E-state index in [2.05, 4.69) is 19.2 Å². The number of benzene rings is 2. The molecule has 2 aromatic rings. The van der Waals surface area contributed by atoms with Crippen molar-refractivity contribution < 1.29 is 9.13 Å². The molecule has 0 spiro atoms. The number of ether oxygens (including phenoxy) is 1. The quantitative estimate of drug-likeness (QED) is 0.779. The van der Waals surface area contributed by atoms with Crippen molar-refractivity contribution in [3.05, 3.63) is 64.4 Å². The fourth-order valence-electron chi connectivity index (χ4n) is 2.01. The van der Waals surface area contributed by atoms with Crippen LogP contribution < -0.4 is 10.1 Å². The van der Waals surface area contributed by atoms with Crippen LogP contribution in [-0.4, -0.2) is 6.04 Å². The Kier molecular flexibility index (Phi) is 6.22. The zero-order valence-corrected chi connectivity index (χ0v) is 13.7. The zero-order valence-electron chi connectivity index (χ0n) is 12.9. The van der Waals surface area contributed by atoms with Crippen molar-refractivity contribution in [2.24, 2.45) is 0 Å². The Hall–Kier alpha value is -1.58. The highest BCUT2D eigenvalue weighted by atomic mass is 35.5. The van der Waals surface area contributed by atoms with Crippen molar-refractivity contribution in [3.8, 4) is 5.75 Å². The Morgan fingerprint density at radius 3 is 2.73 bits per heavy atom. The Morgan fingerprint density at radius 2 is 2.00 bits per heavy atom. The van der Waals surface area contributed by atoms with E-state index in [0.717, 1.165) is 18.5 Å². The van der Waals surface area contributed by atoms with Crippen LogP contribution in [0.3, 0.4) is 0 Å². The number of hydrogen-bond acceptors (Lipinski definition) is 2. The van der Waals surface area contributed by atoms with Crippen LogP contribution in [0, 0.1) is 5.82 Å². The molecule has 0 radical (unpaired) electrons. The first-order valence-corrected chi connectivity index (χ1v) is 7.86. The molecule has 1 N–H and O–H groups in total. The molecule has 118 valence electrons. The van der Waals surface area contributed by atoms with Crippen LogP contribution in [-0.2, 0) is 13.2 Å². The van der Waals surface area contributed by atoms with Gasteiger partial charge in [0.2, 0.25) is 0 Å². The molecule has 0 amide bonds. The fourth-order valence-corrected chi connectivity index (χ4v) is 2.22. The van der Waals surface area contributed by atoms with E-state index in [0.29, 0.717) is 22.4 Å². The van der Waals surface area contributed by atoms with E-state index in [-0.39, 0.29) is 12.4 Å². The topological polar surface area (TPSA) is 21.3 Å². The second-order valence-corrected chi connectivity index (χ2v) is 5.73. The van der Waals surface area contributed by atoms with Gasteiger partial charge in [-0.2, -0.15) is 0 Å². The molecule has 0 saturated carbocycles. The molecule has 0 saturated heterocycles. The van der Waals surface area contributed by atoms with E-state index in [9.17, 15) is 4.39 Å². The van der Waals surface area contributed by atoms with Gasteiger partial charge in [0.05, 0.1) is 5.02 Å². The van der Waals surface area contributed by atoms with Crippen LogP contribution in [0.2, 0.25) is 5.02 Å². The Bertz CT molecular complexity index is 598. The molecule has 0 aliphatic carbocycles. The molecule has 1 atom stereocenters. The third kappa shape index (κ3) is 4.72. The predicted octanol–water partition coefficient (Wildman–Crippen LogP) is 4.95. The van der Waals surface area contributed by atoms with Gasteiger partial charge in [-0.1, -0.05) is 36.7 Å². The van der Waals surface area contributed by atoms with E-state index < -0.39 is 0 Å². The van der Waals surface area contributed by atoms with Gasteiger partial charge in [-0.3, -0.25) is 0 Å². The summed E-state index contributed by atoms with van der Waals surface area (Å²) < 4.78 is 19.4. The van der Waals surface area contributed by atoms with Crippen molar-refractivity contribution in [3.63, 3.8) is 0 Å². The van der Waals surface area contributed by atoms with Gasteiger partial charge in [-0.05, 0) is 43.2 Å². The summed E-state index contributed by atoms with van der Waals surface area (Å²) in [6, 6.07) is 12.9. The van der Waals surface area contributed by atoms with Gasteiger partial charge in [-0.25, -0.2) is 4.39 Å². The molecule has 0 unspecified atom stereocenters. The van der Waals surface area contributed by atoms with Gasteiger partial charge >= 0.3 is 0 Å².